The van der Waals surface area contributed by atoms with Crippen molar-refractivity contribution >= 4 is 11.8 Å². The van der Waals surface area contributed by atoms with Crippen LogP contribution >= 0.6 is 0 Å². The molecular weight excluding hydrogens is 200 g/mol. The van der Waals surface area contributed by atoms with E-state index < -0.39 is 0 Å². The summed E-state index contributed by atoms with van der Waals surface area (Å²) in [5.74, 6) is 1.59. The number of nitrogens with zero attached hydrogens (tertiary/aromatic N) is 3. The maximum Gasteiger partial charge on any atom is 0.221 e. The first kappa shape index (κ1) is 9.15. The molecule has 0 radical (unpaired) electrons. The molecular formula is C12H12N4. The van der Waals surface area contributed by atoms with E-state index >= 15 is 0 Å². The smallest absolute Gasteiger partial charge is 0.221 e. The van der Waals surface area contributed by atoms with Crippen LogP contribution in [-0.4, -0.2) is 16.0 Å². The Morgan fingerprint density at radius 1 is 1.19 bits per heavy atom. The van der Waals surface area contributed by atoms with Gasteiger partial charge < -0.3 is 10.6 Å². The summed E-state index contributed by atoms with van der Waals surface area (Å²) in [6, 6.07) is 2.19. The molecule has 4 heteroatoms. The normalized spacial score (nSPS) is 26.1. The van der Waals surface area contributed by atoms with E-state index in [0.29, 0.717) is 17.9 Å². The summed E-state index contributed by atoms with van der Waals surface area (Å²) in [7, 11) is 0. The minimum atomic E-state index is 0.310. The largest absolute Gasteiger partial charge is 0.368 e. The second kappa shape index (κ2) is 3.48. The van der Waals surface area contributed by atoms with E-state index in [-0.39, 0.29) is 0 Å². The Hall–Kier alpha value is -2.10. The van der Waals surface area contributed by atoms with Gasteiger partial charge in [0.1, 0.15) is 5.82 Å². The molecule has 2 heterocycles. The summed E-state index contributed by atoms with van der Waals surface area (Å²) in [6.07, 6.45) is 14.4. The van der Waals surface area contributed by atoms with Gasteiger partial charge in [-0.3, -0.25) is 0 Å². The minimum Gasteiger partial charge on any atom is -0.368 e. The lowest BCUT2D eigenvalue weighted by atomic mass is 9.97. The molecule has 80 valence electrons. The maximum atomic E-state index is 5.59. The van der Waals surface area contributed by atoms with Crippen LogP contribution in [0.2, 0.25) is 0 Å². The quantitative estimate of drug-likeness (QED) is 0.766. The molecule has 16 heavy (non-hydrogen) atoms. The highest BCUT2D eigenvalue weighted by Crippen LogP contribution is 2.30. The zero-order chi connectivity index (χ0) is 11.0. The van der Waals surface area contributed by atoms with Crippen LogP contribution < -0.4 is 10.6 Å². The molecule has 2 aliphatic rings. The molecule has 0 amide bonds. The summed E-state index contributed by atoms with van der Waals surface area (Å²) in [4.78, 5) is 10.2. The maximum absolute atomic E-state index is 5.59. The van der Waals surface area contributed by atoms with E-state index in [2.05, 4.69) is 51.4 Å². The molecule has 0 saturated carbocycles. The van der Waals surface area contributed by atoms with Gasteiger partial charge in [0.05, 0.1) is 6.04 Å². The topological polar surface area (TPSA) is 55.0 Å². The number of hydrogen-bond acceptors (Lipinski definition) is 4. The van der Waals surface area contributed by atoms with Gasteiger partial charge in [-0.25, -0.2) is 4.98 Å². The van der Waals surface area contributed by atoms with Crippen LogP contribution in [0.3, 0.4) is 0 Å². The van der Waals surface area contributed by atoms with Crippen molar-refractivity contribution in [2.24, 2.45) is 5.92 Å². The second-order valence-corrected chi connectivity index (χ2v) is 3.86. The van der Waals surface area contributed by atoms with E-state index in [1.165, 1.54) is 0 Å². The Morgan fingerprint density at radius 3 is 2.94 bits per heavy atom. The summed E-state index contributed by atoms with van der Waals surface area (Å²) in [5, 5.41) is 0. The first-order chi connectivity index (χ1) is 7.84. The van der Waals surface area contributed by atoms with Crippen LogP contribution in [0.25, 0.3) is 0 Å². The zero-order valence-corrected chi connectivity index (χ0v) is 8.69. The van der Waals surface area contributed by atoms with E-state index in [9.17, 15) is 0 Å². The van der Waals surface area contributed by atoms with Crippen molar-refractivity contribution in [3.8, 4) is 0 Å². The number of nitrogen functional groups attached to an aromatic ring is 1. The van der Waals surface area contributed by atoms with Crippen molar-refractivity contribution in [1.29, 1.82) is 0 Å². The number of rotatable bonds is 1. The Kier molecular flexibility index (Phi) is 1.99. The van der Waals surface area contributed by atoms with Gasteiger partial charge in [0.2, 0.25) is 5.95 Å². The van der Waals surface area contributed by atoms with E-state index in [0.717, 1.165) is 5.82 Å². The van der Waals surface area contributed by atoms with E-state index in [4.69, 9.17) is 5.73 Å². The van der Waals surface area contributed by atoms with Gasteiger partial charge in [0.15, 0.2) is 0 Å². The van der Waals surface area contributed by atoms with Gasteiger partial charge >= 0.3 is 0 Å². The molecule has 3 rings (SSSR count). The number of fused-ring (bicyclic) bond motifs is 1. The van der Waals surface area contributed by atoms with Gasteiger partial charge in [0, 0.05) is 18.3 Å². The molecule has 1 aliphatic carbocycles. The molecule has 2 unspecified atom stereocenters. The SMILES string of the molecule is Nc1nccc(N2C=CC3C=CC=CC32)n1. The predicted octanol–water partition coefficient (Wildman–Crippen LogP) is 1.50. The van der Waals surface area contributed by atoms with Gasteiger partial charge in [-0.05, 0) is 6.07 Å². The highest BCUT2D eigenvalue weighted by Gasteiger charge is 2.28. The molecule has 2 N–H and O–H groups in total. The monoisotopic (exact) mass is 212 g/mol. The fraction of sp³-hybridized carbons (Fsp3) is 0.167. The highest BCUT2D eigenvalue weighted by molar-refractivity contribution is 5.51. The molecule has 1 aromatic heterocycles. The van der Waals surface area contributed by atoms with Gasteiger partial charge in [-0.2, -0.15) is 4.98 Å². The van der Waals surface area contributed by atoms with Crippen LogP contribution in [0.4, 0.5) is 11.8 Å². The van der Waals surface area contributed by atoms with Crippen LogP contribution in [0, 0.1) is 5.92 Å². The number of aromatic nitrogens is 2. The van der Waals surface area contributed by atoms with Crippen LogP contribution in [-0.2, 0) is 0 Å². The predicted molar refractivity (Wildman–Crippen MR) is 63.6 cm³/mol. The molecule has 1 aliphatic heterocycles. The lowest BCUT2D eigenvalue weighted by Crippen LogP contribution is -2.30. The third-order valence-corrected chi connectivity index (χ3v) is 2.86. The molecule has 0 fully saturated rings. The summed E-state index contributed by atoms with van der Waals surface area (Å²) in [5.41, 5.74) is 5.59. The summed E-state index contributed by atoms with van der Waals surface area (Å²) < 4.78 is 0. The van der Waals surface area contributed by atoms with Crippen molar-refractivity contribution in [2.45, 2.75) is 6.04 Å². The van der Waals surface area contributed by atoms with Gasteiger partial charge in [-0.15, -0.1) is 0 Å². The molecule has 0 spiro atoms. The summed E-state index contributed by atoms with van der Waals surface area (Å²) in [6.45, 7) is 0. The van der Waals surface area contributed by atoms with E-state index in [1.807, 2.05) is 6.07 Å². The molecule has 1 aromatic rings. The first-order valence-electron chi connectivity index (χ1n) is 5.25. The van der Waals surface area contributed by atoms with Crippen molar-refractivity contribution in [3.05, 3.63) is 48.8 Å². The molecule has 0 aromatic carbocycles. The number of hydrogen-bond donors (Lipinski definition) is 1. The second-order valence-electron chi connectivity index (χ2n) is 3.86. The highest BCUT2D eigenvalue weighted by atomic mass is 15.2. The van der Waals surface area contributed by atoms with Crippen molar-refractivity contribution in [2.75, 3.05) is 10.6 Å². The molecule has 0 bridgehead atoms. The van der Waals surface area contributed by atoms with Gasteiger partial charge in [-0.1, -0.05) is 30.4 Å². The van der Waals surface area contributed by atoms with Crippen molar-refractivity contribution in [1.82, 2.24) is 9.97 Å². The van der Waals surface area contributed by atoms with E-state index in [1.54, 1.807) is 6.20 Å². The number of anilines is 2. The molecule has 0 saturated heterocycles. The zero-order valence-electron chi connectivity index (χ0n) is 8.69. The van der Waals surface area contributed by atoms with Crippen LogP contribution in [0.15, 0.2) is 48.8 Å². The number of nitrogens with two attached hydrogens (primary N) is 1. The lowest BCUT2D eigenvalue weighted by molar-refractivity contribution is 0.696. The van der Waals surface area contributed by atoms with Gasteiger partial charge in [0.25, 0.3) is 0 Å². The molecule has 2 atom stereocenters. The fourth-order valence-electron chi connectivity index (χ4n) is 2.10. The molecule has 4 nitrogen and oxygen atoms in total. The average molecular weight is 212 g/mol. The standard InChI is InChI=1S/C12H12N4/c13-12-14-7-5-11(15-12)16-8-6-9-3-1-2-4-10(9)16/h1-10H,(H2,13,14,15). The average Bonchev–Trinajstić information content (AvgIpc) is 2.72. The third-order valence-electron chi connectivity index (χ3n) is 2.86. The van der Waals surface area contributed by atoms with Crippen molar-refractivity contribution < 1.29 is 0 Å². The Labute approximate surface area is 93.8 Å². The lowest BCUT2D eigenvalue weighted by Gasteiger charge is -2.26. The Balaban J connectivity index is 1.94. The summed E-state index contributed by atoms with van der Waals surface area (Å²) >= 11 is 0. The third kappa shape index (κ3) is 1.39. The fourth-order valence-corrected chi connectivity index (χ4v) is 2.10. The number of allylic oxidation sites excluding steroid dienone is 2. The van der Waals surface area contributed by atoms with Crippen LogP contribution in [0.5, 0.6) is 0 Å². The Bertz CT molecular complexity index is 490. The van der Waals surface area contributed by atoms with Crippen LogP contribution in [0.1, 0.15) is 0 Å². The first-order valence-corrected chi connectivity index (χ1v) is 5.25. The minimum absolute atomic E-state index is 0.310. The van der Waals surface area contributed by atoms with Crippen molar-refractivity contribution in [3.63, 3.8) is 0 Å². The Morgan fingerprint density at radius 2 is 2.06 bits per heavy atom.